The molecule has 5 nitrogen and oxygen atoms in total. The molecule has 1 amide bonds. The van der Waals surface area contributed by atoms with E-state index in [1.54, 1.807) is 24.0 Å². The minimum Gasteiger partial charge on any atom is -0.481 e. The SMILES string of the molecule is Cc1nc2cc(F)ccc2cc1C(=O)N1CCC(C(=O)O)(C(C)C)C1. The molecule has 1 saturated heterocycles. The van der Waals surface area contributed by atoms with Crippen molar-refractivity contribution in [2.75, 3.05) is 13.1 Å². The van der Waals surface area contributed by atoms with Crippen LogP contribution in [0.4, 0.5) is 4.39 Å². The predicted molar refractivity (Wildman–Crippen MR) is 91.9 cm³/mol. The molecule has 6 heteroatoms. The van der Waals surface area contributed by atoms with E-state index in [9.17, 15) is 19.1 Å². The number of aryl methyl sites for hydroxylation is 1. The van der Waals surface area contributed by atoms with Gasteiger partial charge in [-0.25, -0.2) is 4.39 Å². The van der Waals surface area contributed by atoms with Crippen LogP contribution in [0.15, 0.2) is 24.3 Å². The van der Waals surface area contributed by atoms with Crippen LogP contribution in [-0.2, 0) is 4.79 Å². The average Bonchev–Trinajstić information content (AvgIpc) is 3.00. The van der Waals surface area contributed by atoms with Crippen molar-refractivity contribution in [3.63, 3.8) is 0 Å². The van der Waals surface area contributed by atoms with Crippen molar-refractivity contribution in [1.82, 2.24) is 9.88 Å². The van der Waals surface area contributed by atoms with Gasteiger partial charge in [-0.3, -0.25) is 14.6 Å². The number of hydrogen-bond acceptors (Lipinski definition) is 3. The van der Waals surface area contributed by atoms with Gasteiger partial charge in [-0.05, 0) is 37.5 Å². The van der Waals surface area contributed by atoms with Crippen molar-refractivity contribution in [3.8, 4) is 0 Å². The fourth-order valence-electron chi connectivity index (χ4n) is 3.52. The Hall–Kier alpha value is -2.50. The standard InChI is InChI=1S/C19H21FN2O3/c1-11(2)19(18(24)25)6-7-22(10-19)17(23)15-8-13-4-5-14(20)9-16(13)21-12(15)3/h4-5,8-9,11H,6-7,10H2,1-3H3,(H,24,25). The van der Waals surface area contributed by atoms with E-state index in [0.717, 1.165) is 0 Å². The maximum absolute atomic E-state index is 13.3. The fraction of sp³-hybridized carbons (Fsp3) is 0.421. The molecule has 1 unspecified atom stereocenters. The molecule has 2 heterocycles. The second-order valence-corrected chi connectivity index (χ2v) is 7.05. The van der Waals surface area contributed by atoms with Gasteiger partial charge in [0.2, 0.25) is 0 Å². The number of hydrogen-bond donors (Lipinski definition) is 1. The van der Waals surface area contributed by atoms with Crippen LogP contribution >= 0.6 is 0 Å². The average molecular weight is 344 g/mol. The Morgan fingerprint density at radius 2 is 2.04 bits per heavy atom. The van der Waals surface area contributed by atoms with E-state index < -0.39 is 11.4 Å². The largest absolute Gasteiger partial charge is 0.481 e. The zero-order valence-electron chi connectivity index (χ0n) is 14.5. The summed E-state index contributed by atoms with van der Waals surface area (Å²) in [5.74, 6) is -1.52. The summed E-state index contributed by atoms with van der Waals surface area (Å²) in [7, 11) is 0. The van der Waals surface area contributed by atoms with Crippen LogP contribution in [0.25, 0.3) is 10.9 Å². The number of nitrogens with zero attached hydrogens (tertiary/aromatic N) is 2. The Bertz CT molecular complexity index is 865. The summed E-state index contributed by atoms with van der Waals surface area (Å²) in [4.78, 5) is 30.6. The van der Waals surface area contributed by atoms with Gasteiger partial charge >= 0.3 is 5.97 Å². The molecule has 0 aliphatic carbocycles. The zero-order chi connectivity index (χ0) is 18.4. The number of carbonyl (C=O) groups is 2. The van der Waals surface area contributed by atoms with E-state index in [1.165, 1.54) is 12.1 Å². The monoisotopic (exact) mass is 344 g/mol. The molecule has 25 heavy (non-hydrogen) atoms. The molecule has 1 aromatic carbocycles. The van der Waals surface area contributed by atoms with Gasteiger partial charge in [0.1, 0.15) is 5.82 Å². The van der Waals surface area contributed by atoms with Crippen molar-refractivity contribution in [2.24, 2.45) is 11.3 Å². The topological polar surface area (TPSA) is 70.5 Å². The third-order valence-corrected chi connectivity index (χ3v) is 5.32. The van der Waals surface area contributed by atoms with E-state index in [-0.39, 0.29) is 24.2 Å². The normalized spacial score (nSPS) is 20.4. The number of likely N-dealkylation sites (tertiary alicyclic amines) is 1. The number of carboxylic acid groups (broad SMARTS) is 1. The number of rotatable bonds is 3. The lowest BCUT2D eigenvalue weighted by molar-refractivity contribution is -0.150. The van der Waals surface area contributed by atoms with Crippen molar-refractivity contribution < 1.29 is 19.1 Å². The maximum atomic E-state index is 13.3. The first kappa shape index (κ1) is 17.3. The summed E-state index contributed by atoms with van der Waals surface area (Å²) in [5, 5.41) is 10.3. The first-order valence-corrected chi connectivity index (χ1v) is 8.34. The van der Waals surface area contributed by atoms with Crippen molar-refractivity contribution in [3.05, 3.63) is 41.3 Å². The molecular formula is C19H21FN2O3. The van der Waals surface area contributed by atoms with Gasteiger partial charge in [0.15, 0.2) is 0 Å². The molecule has 0 saturated carbocycles. The highest BCUT2D eigenvalue weighted by Gasteiger charge is 2.48. The smallest absolute Gasteiger partial charge is 0.311 e. The summed E-state index contributed by atoms with van der Waals surface area (Å²) >= 11 is 0. The molecule has 1 aliphatic heterocycles. The van der Waals surface area contributed by atoms with Crippen LogP contribution in [0.1, 0.15) is 36.3 Å². The zero-order valence-corrected chi connectivity index (χ0v) is 14.5. The van der Waals surface area contributed by atoms with Gasteiger partial charge < -0.3 is 10.0 Å². The van der Waals surface area contributed by atoms with Crippen LogP contribution < -0.4 is 0 Å². The lowest BCUT2D eigenvalue weighted by atomic mass is 9.76. The molecule has 0 spiro atoms. The third kappa shape index (κ3) is 2.86. The predicted octanol–water partition coefficient (Wildman–Crippen LogP) is 3.26. The quantitative estimate of drug-likeness (QED) is 0.928. The number of aliphatic carboxylic acids is 1. The second-order valence-electron chi connectivity index (χ2n) is 7.05. The van der Waals surface area contributed by atoms with Gasteiger partial charge in [-0.15, -0.1) is 0 Å². The fourth-order valence-corrected chi connectivity index (χ4v) is 3.52. The van der Waals surface area contributed by atoms with Crippen LogP contribution in [-0.4, -0.2) is 40.0 Å². The molecular weight excluding hydrogens is 323 g/mol. The number of benzene rings is 1. The van der Waals surface area contributed by atoms with E-state index in [2.05, 4.69) is 4.98 Å². The van der Waals surface area contributed by atoms with Gasteiger partial charge in [0, 0.05) is 24.5 Å². The third-order valence-electron chi connectivity index (χ3n) is 5.32. The minimum absolute atomic E-state index is 0.0680. The van der Waals surface area contributed by atoms with Gasteiger partial charge in [0.05, 0.1) is 22.2 Å². The number of halogens is 1. The molecule has 0 bridgehead atoms. The Labute approximate surface area is 145 Å². The Kier molecular flexibility index (Phi) is 4.22. The number of carbonyl (C=O) groups excluding carboxylic acids is 1. The summed E-state index contributed by atoms with van der Waals surface area (Å²) in [6.45, 7) is 6.06. The van der Waals surface area contributed by atoms with Crippen molar-refractivity contribution in [1.29, 1.82) is 0 Å². The van der Waals surface area contributed by atoms with E-state index in [0.29, 0.717) is 35.1 Å². The molecule has 1 atom stereocenters. The molecule has 3 rings (SSSR count). The van der Waals surface area contributed by atoms with Gasteiger partial charge in [-0.1, -0.05) is 13.8 Å². The van der Waals surface area contributed by atoms with Gasteiger partial charge in [-0.2, -0.15) is 0 Å². The van der Waals surface area contributed by atoms with Crippen molar-refractivity contribution in [2.45, 2.75) is 27.2 Å². The van der Waals surface area contributed by atoms with Crippen LogP contribution in [0.2, 0.25) is 0 Å². The summed E-state index contributed by atoms with van der Waals surface area (Å²) in [5.41, 5.74) is 0.541. The first-order chi connectivity index (χ1) is 11.7. The summed E-state index contributed by atoms with van der Waals surface area (Å²) in [6, 6.07) is 5.96. The number of carboxylic acids is 1. The Balaban J connectivity index is 1.94. The lowest BCUT2D eigenvalue weighted by Gasteiger charge is -2.28. The first-order valence-electron chi connectivity index (χ1n) is 8.34. The van der Waals surface area contributed by atoms with Crippen LogP contribution in [0.3, 0.4) is 0 Å². The number of fused-ring (bicyclic) bond motifs is 1. The highest BCUT2D eigenvalue weighted by molar-refractivity contribution is 5.99. The highest BCUT2D eigenvalue weighted by Crippen LogP contribution is 2.38. The molecule has 0 radical (unpaired) electrons. The number of aromatic nitrogens is 1. The maximum Gasteiger partial charge on any atom is 0.311 e. The van der Waals surface area contributed by atoms with Crippen molar-refractivity contribution >= 4 is 22.8 Å². The number of amides is 1. The minimum atomic E-state index is -0.906. The summed E-state index contributed by atoms with van der Waals surface area (Å²) in [6.07, 6.45) is 0.441. The second kappa shape index (κ2) is 6.10. The van der Waals surface area contributed by atoms with E-state index in [4.69, 9.17) is 0 Å². The summed E-state index contributed by atoms with van der Waals surface area (Å²) < 4.78 is 13.3. The molecule has 1 aliphatic rings. The van der Waals surface area contributed by atoms with Crippen LogP contribution in [0, 0.1) is 24.1 Å². The van der Waals surface area contributed by atoms with Gasteiger partial charge in [0.25, 0.3) is 5.91 Å². The Morgan fingerprint density at radius 1 is 1.32 bits per heavy atom. The molecule has 2 aromatic rings. The number of pyridine rings is 1. The van der Waals surface area contributed by atoms with Crippen LogP contribution in [0.5, 0.6) is 0 Å². The highest BCUT2D eigenvalue weighted by atomic mass is 19.1. The molecule has 132 valence electrons. The molecule has 1 fully saturated rings. The van der Waals surface area contributed by atoms with E-state index in [1.807, 2.05) is 13.8 Å². The lowest BCUT2D eigenvalue weighted by Crippen LogP contribution is -2.40. The molecule has 1 N–H and O–H groups in total. The Morgan fingerprint density at radius 3 is 2.64 bits per heavy atom. The molecule has 1 aromatic heterocycles. The van der Waals surface area contributed by atoms with E-state index >= 15 is 0 Å².